The summed E-state index contributed by atoms with van der Waals surface area (Å²) >= 11 is 0. The molecule has 0 aliphatic heterocycles. The number of phenols is 1. The summed E-state index contributed by atoms with van der Waals surface area (Å²) in [5, 5.41) is 10.2. The van der Waals surface area contributed by atoms with Gasteiger partial charge in [0.15, 0.2) is 0 Å². The number of phenolic OH excluding ortho intramolecular Hbond substituents is 1. The third kappa shape index (κ3) is 1.95. The highest BCUT2D eigenvalue weighted by Gasteiger charge is 2.39. The molecule has 0 amide bonds. The molecule has 0 bridgehead atoms. The Morgan fingerprint density at radius 1 is 1.24 bits per heavy atom. The Bertz CT molecular complexity index is 460. The van der Waals surface area contributed by atoms with Gasteiger partial charge in [0.05, 0.1) is 0 Å². The van der Waals surface area contributed by atoms with Crippen LogP contribution in [-0.4, -0.2) is 10.6 Å². The number of fused-ring (bicyclic) bond motifs is 1. The average molecular weight is 231 g/mol. The van der Waals surface area contributed by atoms with Crippen LogP contribution in [0.15, 0.2) is 6.07 Å². The molecule has 0 atom stereocenters. The summed E-state index contributed by atoms with van der Waals surface area (Å²) in [7, 11) is 0. The molecule has 17 heavy (non-hydrogen) atoms. The first kappa shape index (κ1) is 11.1. The lowest BCUT2D eigenvalue weighted by molar-refractivity contribution is 0.459. The molecule has 2 heteroatoms. The smallest absolute Gasteiger partial charge is 0.119 e. The Kier molecular flexibility index (Phi) is 2.44. The van der Waals surface area contributed by atoms with Crippen LogP contribution in [0.5, 0.6) is 5.75 Å². The fourth-order valence-electron chi connectivity index (χ4n) is 3.09. The van der Waals surface area contributed by atoms with E-state index in [1.54, 1.807) is 0 Å². The van der Waals surface area contributed by atoms with Crippen molar-refractivity contribution < 1.29 is 5.11 Å². The SMILES string of the molecule is Cc1cc(O)c(CC2(N)CC2)c2c1CCCC2. The molecule has 2 aliphatic carbocycles. The van der Waals surface area contributed by atoms with E-state index >= 15 is 0 Å². The zero-order valence-electron chi connectivity index (χ0n) is 10.6. The second-order valence-corrected chi connectivity index (χ2v) is 5.89. The van der Waals surface area contributed by atoms with Crippen LogP contribution in [0.3, 0.4) is 0 Å². The second-order valence-electron chi connectivity index (χ2n) is 5.89. The minimum absolute atomic E-state index is 0.0159. The fraction of sp³-hybridized carbons (Fsp3) is 0.600. The zero-order valence-corrected chi connectivity index (χ0v) is 10.6. The lowest BCUT2D eigenvalue weighted by Gasteiger charge is -2.24. The first-order chi connectivity index (χ1) is 8.09. The summed E-state index contributed by atoms with van der Waals surface area (Å²) in [4.78, 5) is 0. The van der Waals surface area contributed by atoms with E-state index in [1.807, 2.05) is 6.07 Å². The van der Waals surface area contributed by atoms with Crippen molar-refractivity contribution in [3.63, 3.8) is 0 Å². The Morgan fingerprint density at radius 2 is 1.88 bits per heavy atom. The molecule has 2 aliphatic rings. The molecule has 92 valence electrons. The summed E-state index contributed by atoms with van der Waals surface area (Å²) in [6.07, 6.45) is 7.90. The van der Waals surface area contributed by atoms with Crippen molar-refractivity contribution in [2.45, 2.75) is 57.4 Å². The fourth-order valence-corrected chi connectivity index (χ4v) is 3.09. The Hall–Kier alpha value is -1.02. The highest BCUT2D eigenvalue weighted by Crippen LogP contribution is 2.41. The van der Waals surface area contributed by atoms with Gasteiger partial charge in [0.1, 0.15) is 5.75 Å². The predicted molar refractivity (Wildman–Crippen MR) is 69.3 cm³/mol. The number of nitrogens with two attached hydrogens (primary N) is 1. The number of aromatic hydroxyl groups is 1. The maximum absolute atomic E-state index is 10.2. The van der Waals surface area contributed by atoms with E-state index in [9.17, 15) is 5.11 Å². The van der Waals surface area contributed by atoms with Gasteiger partial charge in [-0.1, -0.05) is 0 Å². The van der Waals surface area contributed by atoms with Crippen LogP contribution in [0.4, 0.5) is 0 Å². The van der Waals surface area contributed by atoms with E-state index in [4.69, 9.17) is 5.73 Å². The van der Waals surface area contributed by atoms with E-state index in [0.717, 1.165) is 31.2 Å². The largest absolute Gasteiger partial charge is 0.508 e. The van der Waals surface area contributed by atoms with E-state index in [2.05, 4.69) is 6.92 Å². The Labute approximate surface area is 103 Å². The Morgan fingerprint density at radius 3 is 2.53 bits per heavy atom. The molecule has 1 fully saturated rings. The molecule has 0 radical (unpaired) electrons. The standard InChI is InChI=1S/C15H21NO/c1-10-8-14(17)13(9-15(16)6-7-15)12-5-3-2-4-11(10)12/h8,17H,2-7,9,16H2,1H3. The van der Waals surface area contributed by atoms with Gasteiger partial charge in [-0.25, -0.2) is 0 Å². The van der Waals surface area contributed by atoms with Crippen molar-refractivity contribution in [3.8, 4) is 5.75 Å². The van der Waals surface area contributed by atoms with Crippen molar-refractivity contribution in [2.75, 3.05) is 0 Å². The topological polar surface area (TPSA) is 46.2 Å². The number of benzene rings is 1. The van der Waals surface area contributed by atoms with Gasteiger partial charge in [-0.3, -0.25) is 0 Å². The number of rotatable bonds is 2. The molecular formula is C15H21NO. The van der Waals surface area contributed by atoms with Crippen LogP contribution in [-0.2, 0) is 19.3 Å². The van der Waals surface area contributed by atoms with Gasteiger partial charge in [-0.15, -0.1) is 0 Å². The summed E-state index contributed by atoms with van der Waals surface area (Å²) in [6, 6.07) is 1.94. The van der Waals surface area contributed by atoms with E-state index in [-0.39, 0.29) is 5.54 Å². The van der Waals surface area contributed by atoms with Crippen molar-refractivity contribution in [1.29, 1.82) is 0 Å². The lowest BCUT2D eigenvalue weighted by atomic mass is 9.83. The average Bonchev–Trinajstić information content (AvgIpc) is 3.03. The summed E-state index contributed by atoms with van der Waals surface area (Å²) in [5.74, 6) is 0.472. The summed E-state index contributed by atoms with van der Waals surface area (Å²) in [6.45, 7) is 2.11. The van der Waals surface area contributed by atoms with E-state index in [0.29, 0.717) is 5.75 Å². The zero-order chi connectivity index (χ0) is 12.0. The van der Waals surface area contributed by atoms with Crippen LogP contribution in [0.25, 0.3) is 0 Å². The predicted octanol–water partition coefficient (Wildman–Crippen LogP) is 2.61. The second kappa shape index (κ2) is 3.74. The molecule has 2 nitrogen and oxygen atoms in total. The monoisotopic (exact) mass is 231 g/mol. The molecule has 0 heterocycles. The van der Waals surface area contributed by atoms with Crippen LogP contribution >= 0.6 is 0 Å². The molecule has 3 rings (SSSR count). The molecule has 0 saturated heterocycles. The summed E-state index contributed by atoms with van der Waals surface area (Å²) < 4.78 is 0. The quantitative estimate of drug-likeness (QED) is 0.822. The molecule has 0 spiro atoms. The van der Waals surface area contributed by atoms with Gasteiger partial charge in [0.25, 0.3) is 0 Å². The number of aryl methyl sites for hydroxylation is 1. The molecule has 3 N–H and O–H groups in total. The van der Waals surface area contributed by atoms with E-state index in [1.165, 1.54) is 36.0 Å². The lowest BCUT2D eigenvalue weighted by Crippen LogP contribution is -2.26. The molecule has 1 aromatic carbocycles. The van der Waals surface area contributed by atoms with Crippen molar-refractivity contribution in [2.24, 2.45) is 5.73 Å². The highest BCUT2D eigenvalue weighted by atomic mass is 16.3. The summed E-state index contributed by atoms with van der Waals surface area (Å²) in [5.41, 5.74) is 11.5. The van der Waals surface area contributed by atoms with Gasteiger partial charge < -0.3 is 10.8 Å². The van der Waals surface area contributed by atoms with Gasteiger partial charge in [-0.2, -0.15) is 0 Å². The van der Waals surface area contributed by atoms with Gasteiger partial charge in [0.2, 0.25) is 0 Å². The van der Waals surface area contributed by atoms with Crippen molar-refractivity contribution in [1.82, 2.24) is 0 Å². The minimum atomic E-state index is -0.0159. The first-order valence-electron chi connectivity index (χ1n) is 6.71. The normalized spacial score (nSPS) is 21.1. The molecule has 0 aromatic heterocycles. The van der Waals surface area contributed by atoms with Crippen molar-refractivity contribution in [3.05, 3.63) is 28.3 Å². The molecule has 1 saturated carbocycles. The van der Waals surface area contributed by atoms with Gasteiger partial charge in [-0.05, 0) is 80.2 Å². The van der Waals surface area contributed by atoms with Gasteiger partial charge >= 0.3 is 0 Å². The van der Waals surface area contributed by atoms with Crippen LogP contribution in [0, 0.1) is 6.92 Å². The Balaban J connectivity index is 2.06. The highest BCUT2D eigenvalue weighted by molar-refractivity contribution is 5.50. The van der Waals surface area contributed by atoms with Crippen LogP contribution in [0.1, 0.15) is 47.9 Å². The third-order valence-electron chi connectivity index (χ3n) is 4.39. The van der Waals surface area contributed by atoms with Gasteiger partial charge in [0, 0.05) is 5.54 Å². The number of hydrogen-bond acceptors (Lipinski definition) is 2. The molecule has 0 unspecified atom stereocenters. The van der Waals surface area contributed by atoms with E-state index < -0.39 is 0 Å². The third-order valence-corrected chi connectivity index (χ3v) is 4.39. The van der Waals surface area contributed by atoms with Crippen LogP contribution in [0.2, 0.25) is 0 Å². The molecule has 1 aromatic rings. The van der Waals surface area contributed by atoms with Crippen molar-refractivity contribution >= 4 is 0 Å². The maximum Gasteiger partial charge on any atom is 0.119 e. The number of hydrogen-bond donors (Lipinski definition) is 2. The minimum Gasteiger partial charge on any atom is -0.508 e. The van der Waals surface area contributed by atoms with Crippen LogP contribution < -0.4 is 5.73 Å². The first-order valence-corrected chi connectivity index (χ1v) is 6.71. The molecular weight excluding hydrogens is 210 g/mol. The maximum atomic E-state index is 10.2.